The summed E-state index contributed by atoms with van der Waals surface area (Å²) in [6.45, 7) is 1.76. The Balaban J connectivity index is 3.88. The highest BCUT2D eigenvalue weighted by atomic mass is 16.5. The Morgan fingerprint density at radius 2 is 1.69 bits per heavy atom. The Labute approximate surface area is 77.5 Å². The van der Waals surface area contributed by atoms with E-state index < -0.39 is 0 Å². The topological polar surface area (TPSA) is 52.6 Å². The molecule has 0 rings (SSSR count). The lowest BCUT2D eigenvalue weighted by Crippen LogP contribution is -2.02. The molecule has 0 aliphatic carbocycles. The van der Waals surface area contributed by atoms with Gasteiger partial charge in [0.05, 0.1) is 27.1 Å². The number of carbonyl (C=O) groups excluding carboxylic acids is 2. The van der Waals surface area contributed by atoms with Gasteiger partial charge in [-0.05, 0) is 6.92 Å². The Kier molecular flexibility index (Phi) is 5.59. The van der Waals surface area contributed by atoms with E-state index in [0.717, 1.165) is 5.57 Å². The van der Waals surface area contributed by atoms with Gasteiger partial charge in [0.1, 0.15) is 0 Å². The van der Waals surface area contributed by atoms with Crippen molar-refractivity contribution in [3.05, 3.63) is 11.6 Å². The SMILES string of the molecule is COC(=O)C/C=C(\C)CC(=O)OC. The maximum atomic E-state index is 10.8. The van der Waals surface area contributed by atoms with Gasteiger partial charge in [0.15, 0.2) is 0 Å². The third-order valence-electron chi connectivity index (χ3n) is 1.50. The standard InChI is InChI=1S/C9H14O4/c1-7(6-9(11)13-3)4-5-8(10)12-2/h4H,5-6H2,1-3H3/b7-4+. The van der Waals surface area contributed by atoms with Crippen molar-refractivity contribution in [2.45, 2.75) is 19.8 Å². The summed E-state index contributed by atoms with van der Waals surface area (Å²) in [4.78, 5) is 21.4. The van der Waals surface area contributed by atoms with E-state index in [1.165, 1.54) is 14.2 Å². The van der Waals surface area contributed by atoms with Crippen LogP contribution in [0.15, 0.2) is 11.6 Å². The van der Waals surface area contributed by atoms with E-state index in [0.29, 0.717) is 0 Å². The summed E-state index contributed by atoms with van der Waals surface area (Å²) in [6, 6.07) is 0. The molecule has 0 N–H and O–H groups in total. The molecule has 0 aromatic heterocycles. The second-order valence-electron chi connectivity index (χ2n) is 2.58. The molecule has 4 nitrogen and oxygen atoms in total. The van der Waals surface area contributed by atoms with E-state index in [1.807, 2.05) is 0 Å². The molecule has 0 aliphatic rings. The molecule has 0 aromatic carbocycles. The predicted octanol–water partition coefficient (Wildman–Crippen LogP) is 1.06. The number of methoxy groups -OCH3 is 2. The van der Waals surface area contributed by atoms with Crippen LogP contribution in [0.4, 0.5) is 0 Å². The van der Waals surface area contributed by atoms with Gasteiger partial charge in [-0.15, -0.1) is 0 Å². The minimum Gasteiger partial charge on any atom is -0.469 e. The van der Waals surface area contributed by atoms with Crippen LogP contribution in [0.2, 0.25) is 0 Å². The van der Waals surface area contributed by atoms with Gasteiger partial charge in [-0.1, -0.05) is 11.6 Å². The molecule has 0 amide bonds. The lowest BCUT2D eigenvalue weighted by atomic mass is 10.2. The maximum absolute atomic E-state index is 10.8. The number of carbonyl (C=O) groups is 2. The lowest BCUT2D eigenvalue weighted by Gasteiger charge is -1.99. The molecule has 0 aliphatic heterocycles. The number of hydrogen-bond donors (Lipinski definition) is 0. The van der Waals surface area contributed by atoms with Gasteiger partial charge < -0.3 is 9.47 Å². The smallest absolute Gasteiger partial charge is 0.309 e. The molecule has 0 saturated carbocycles. The molecule has 0 bridgehead atoms. The highest BCUT2D eigenvalue weighted by molar-refractivity contribution is 5.73. The summed E-state index contributed by atoms with van der Waals surface area (Å²) in [5.41, 5.74) is 0.803. The van der Waals surface area contributed by atoms with Crippen LogP contribution < -0.4 is 0 Å². The van der Waals surface area contributed by atoms with E-state index in [4.69, 9.17) is 0 Å². The molecule has 13 heavy (non-hydrogen) atoms. The van der Waals surface area contributed by atoms with E-state index in [9.17, 15) is 9.59 Å². The Morgan fingerprint density at radius 1 is 1.15 bits per heavy atom. The first-order chi connectivity index (χ1) is 6.10. The first-order valence-electron chi connectivity index (χ1n) is 3.89. The molecule has 0 unspecified atom stereocenters. The van der Waals surface area contributed by atoms with Crippen molar-refractivity contribution in [1.29, 1.82) is 0 Å². The van der Waals surface area contributed by atoms with Gasteiger partial charge in [0.25, 0.3) is 0 Å². The van der Waals surface area contributed by atoms with Crippen LogP contribution in [-0.2, 0) is 19.1 Å². The number of hydrogen-bond acceptors (Lipinski definition) is 4. The van der Waals surface area contributed by atoms with Crippen molar-refractivity contribution in [3.8, 4) is 0 Å². The third-order valence-corrected chi connectivity index (χ3v) is 1.50. The van der Waals surface area contributed by atoms with Crippen molar-refractivity contribution in [2.24, 2.45) is 0 Å². The first kappa shape index (κ1) is 11.7. The highest BCUT2D eigenvalue weighted by Crippen LogP contribution is 2.03. The highest BCUT2D eigenvalue weighted by Gasteiger charge is 2.02. The average Bonchev–Trinajstić information content (AvgIpc) is 2.13. The van der Waals surface area contributed by atoms with Crippen LogP contribution >= 0.6 is 0 Å². The zero-order chi connectivity index (χ0) is 10.3. The summed E-state index contributed by atoms with van der Waals surface area (Å²) in [7, 11) is 2.65. The van der Waals surface area contributed by atoms with Gasteiger partial charge in [0.2, 0.25) is 0 Å². The Hall–Kier alpha value is -1.32. The summed E-state index contributed by atoms with van der Waals surface area (Å²) in [6.07, 6.45) is 2.07. The largest absolute Gasteiger partial charge is 0.469 e. The van der Waals surface area contributed by atoms with Gasteiger partial charge in [-0.3, -0.25) is 9.59 Å². The Morgan fingerprint density at radius 3 is 2.15 bits per heavy atom. The molecule has 4 heteroatoms. The second kappa shape index (κ2) is 6.22. The van der Waals surface area contributed by atoms with Crippen molar-refractivity contribution < 1.29 is 19.1 Å². The third kappa shape index (κ3) is 5.90. The maximum Gasteiger partial charge on any atom is 0.309 e. The van der Waals surface area contributed by atoms with Gasteiger partial charge in [-0.2, -0.15) is 0 Å². The molecule has 0 fully saturated rings. The first-order valence-corrected chi connectivity index (χ1v) is 3.89. The van der Waals surface area contributed by atoms with Crippen LogP contribution in [-0.4, -0.2) is 26.2 Å². The molecule has 0 atom stereocenters. The fraction of sp³-hybridized carbons (Fsp3) is 0.556. The van der Waals surface area contributed by atoms with Crippen LogP contribution in [0.3, 0.4) is 0 Å². The molecule has 74 valence electrons. The molecular formula is C9H14O4. The monoisotopic (exact) mass is 186 g/mol. The van der Waals surface area contributed by atoms with E-state index in [-0.39, 0.29) is 24.8 Å². The molecular weight excluding hydrogens is 172 g/mol. The van der Waals surface area contributed by atoms with E-state index in [1.54, 1.807) is 13.0 Å². The van der Waals surface area contributed by atoms with Gasteiger partial charge >= 0.3 is 11.9 Å². The minimum atomic E-state index is -0.316. The Bertz CT molecular complexity index is 218. The summed E-state index contributed by atoms with van der Waals surface area (Å²) >= 11 is 0. The average molecular weight is 186 g/mol. The fourth-order valence-electron chi connectivity index (χ4n) is 0.713. The number of ether oxygens (including phenoxy) is 2. The molecule has 0 radical (unpaired) electrons. The minimum absolute atomic E-state index is 0.194. The molecule has 0 spiro atoms. The molecule has 0 saturated heterocycles. The zero-order valence-electron chi connectivity index (χ0n) is 8.12. The van der Waals surface area contributed by atoms with Crippen LogP contribution in [0.1, 0.15) is 19.8 Å². The fourth-order valence-corrected chi connectivity index (χ4v) is 0.713. The van der Waals surface area contributed by atoms with Crippen LogP contribution in [0.5, 0.6) is 0 Å². The normalized spacial score (nSPS) is 10.8. The quantitative estimate of drug-likeness (QED) is 0.486. The van der Waals surface area contributed by atoms with Crippen molar-refractivity contribution in [1.82, 2.24) is 0 Å². The second-order valence-corrected chi connectivity index (χ2v) is 2.58. The van der Waals surface area contributed by atoms with Gasteiger partial charge in [-0.25, -0.2) is 0 Å². The summed E-state index contributed by atoms with van der Waals surface area (Å²) in [5, 5.41) is 0. The van der Waals surface area contributed by atoms with Crippen molar-refractivity contribution >= 4 is 11.9 Å². The van der Waals surface area contributed by atoms with Gasteiger partial charge in [0, 0.05) is 0 Å². The van der Waals surface area contributed by atoms with E-state index in [2.05, 4.69) is 9.47 Å². The zero-order valence-corrected chi connectivity index (χ0v) is 8.12. The molecule has 0 aromatic rings. The number of esters is 2. The lowest BCUT2D eigenvalue weighted by molar-refractivity contribution is -0.141. The van der Waals surface area contributed by atoms with Crippen LogP contribution in [0, 0.1) is 0 Å². The molecule has 0 heterocycles. The van der Waals surface area contributed by atoms with Crippen molar-refractivity contribution in [3.63, 3.8) is 0 Å². The van der Waals surface area contributed by atoms with Crippen LogP contribution in [0.25, 0.3) is 0 Å². The van der Waals surface area contributed by atoms with Crippen molar-refractivity contribution in [2.75, 3.05) is 14.2 Å². The predicted molar refractivity (Wildman–Crippen MR) is 47.0 cm³/mol. The summed E-state index contributed by atoms with van der Waals surface area (Å²) < 4.78 is 8.89. The number of rotatable bonds is 4. The van der Waals surface area contributed by atoms with E-state index >= 15 is 0 Å². The summed E-state index contributed by atoms with van der Waals surface area (Å²) in [5.74, 6) is -0.622.